The van der Waals surface area contributed by atoms with Crippen molar-refractivity contribution in [2.75, 3.05) is 5.32 Å². The first kappa shape index (κ1) is 17.0. The van der Waals surface area contributed by atoms with Gasteiger partial charge in [-0.05, 0) is 42.0 Å². The third-order valence-electron chi connectivity index (χ3n) is 3.91. The summed E-state index contributed by atoms with van der Waals surface area (Å²) in [5.41, 5.74) is 1.12. The van der Waals surface area contributed by atoms with Crippen molar-refractivity contribution in [3.8, 4) is 0 Å². The minimum atomic E-state index is -0.767. The number of anilines is 1. The maximum atomic E-state index is 13.8. The number of carbonyl (C=O) groups excluding carboxylic acids is 1. The number of para-hydroxylation sites is 1. The third kappa shape index (κ3) is 3.66. The van der Waals surface area contributed by atoms with E-state index in [2.05, 4.69) is 22.5 Å². The molecule has 0 aliphatic carbocycles. The van der Waals surface area contributed by atoms with Gasteiger partial charge in [0.15, 0.2) is 5.11 Å². The molecule has 1 saturated heterocycles. The Morgan fingerprint density at radius 2 is 1.80 bits per heavy atom. The lowest BCUT2D eigenvalue weighted by molar-refractivity contribution is -0.119. The molecule has 1 fully saturated rings. The summed E-state index contributed by atoms with van der Waals surface area (Å²) in [6.07, 6.45) is 0. The van der Waals surface area contributed by atoms with Crippen LogP contribution in [0.2, 0.25) is 0 Å². The Morgan fingerprint density at radius 1 is 1.12 bits per heavy atom. The van der Waals surface area contributed by atoms with E-state index in [1.54, 1.807) is 18.2 Å². The van der Waals surface area contributed by atoms with E-state index in [0.29, 0.717) is 16.4 Å². The van der Waals surface area contributed by atoms with Crippen molar-refractivity contribution >= 4 is 28.9 Å². The van der Waals surface area contributed by atoms with E-state index in [9.17, 15) is 13.6 Å². The van der Waals surface area contributed by atoms with Crippen LogP contribution in [0.4, 0.5) is 14.5 Å². The highest BCUT2D eigenvalue weighted by atomic mass is 32.1. The Labute approximate surface area is 148 Å². The first-order valence-corrected chi connectivity index (χ1v) is 7.93. The van der Waals surface area contributed by atoms with Crippen molar-refractivity contribution in [1.82, 2.24) is 10.6 Å². The SMILES string of the molecule is C=C1NC(=S)N[C@H](c2ccc(F)cc2)[C@H]1C(=O)Nc1ccccc1F. The Bertz CT molecular complexity index is 838. The summed E-state index contributed by atoms with van der Waals surface area (Å²) in [4.78, 5) is 12.8. The standard InChI is InChI=1S/C18H15F2N3OS/c1-10-15(17(24)22-14-5-3-2-4-13(14)20)16(23-18(25)21-10)11-6-8-12(19)9-7-11/h2-9,15-16H,1H2,(H,22,24)(H2,21,23,25)/t15-,16+/m0/s1. The highest BCUT2D eigenvalue weighted by molar-refractivity contribution is 7.80. The number of carbonyl (C=O) groups is 1. The van der Waals surface area contributed by atoms with Gasteiger partial charge in [-0.25, -0.2) is 8.78 Å². The molecule has 0 bridgehead atoms. The van der Waals surface area contributed by atoms with Crippen molar-refractivity contribution in [3.05, 3.63) is 78.0 Å². The maximum absolute atomic E-state index is 13.8. The highest BCUT2D eigenvalue weighted by Crippen LogP contribution is 2.31. The van der Waals surface area contributed by atoms with Crippen molar-refractivity contribution < 1.29 is 13.6 Å². The van der Waals surface area contributed by atoms with Gasteiger partial charge in [-0.3, -0.25) is 4.79 Å². The van der Waals surface area contributed by atoms with Gasteiger partial charge < -0.3 is 16.0 Å². The van der Waals surface area contributed by atoms with Crippen LogP contribution in [-0.2, 0) is 4.79 Å². The Kier molecular flexibility index (Phi) is 4.76. The molecular weight excluding hydrogens is 344 g/mol. The summed E-state index contributed by atoms with van der Waals surface area (Å²) < 4.78 is 27.0. The minimum absolute atomic E-state index is 0.0753. The molecule has 0 aromatic heterocycles. The molecule has 2 aromatic rings. The van der Waals surface area contributed by atoms with Crippen molar-refractivity contribution in [2.24, 2.45) is 5.92 Å². The fourth-order valence-corrected chi connectivity index (χ4v) is 2.97. The second-order valence-corrected chi connectivity index (χ2v) is 6.01. The summed E-state index contributed by atoms with van der Waals surface area (Å²) in [5.74, 6) is -2.14. The molecule has 25 heavy (non-hydrogen) atoms. The smallest absolute Gasteiger partial charge is 0.235 e. The zero-order chi connectivity index (χ0) is 18.0. The number of halogens is 2. The monoisotopic (exact) mass is 359 g/mol. The molecule has 0 spiro atoms. The largest absolute Gasteiger partial charge is 0.354 e. The zero-order valence-electron chi connectivity index (χ0n) is 13.1. The molecule has 0 saturated carbocycles. The molecule has 128 valence electrons. The predicted octanol–water partition coefficient (Wildman–Crippen LogP) is 3.25. The molecular formula is C18H15F2N3OS. The molecule has 2 aromatic carbocycles. The summed E-state index contributed by atoms with van der Waals surface area (Å²) in [6, 6.07) is 11.1. The molecule has 1 heterocycles. The molecule has 0 unspecified atom stereocenters. The van der Waals surface area contributed by atoms with Crippen LogP contribution in [0.15, 0.2) is 60.8 Å². The average molecular weight is 359 g/mol. The molecule has 1 amide bonds. The van der Waals surface area contributed by atoms with Crippen LogP contribution in [0.1, 0.15) is 11.6 Å². The zero-order valence-corrected chi connectivity index (χ0v) is 13.9. The van der Waals surface area contributed by atoms with Gasteiger partial charge in [0.25, 0.3) is 0 Å². The number of hydrogen-bond acceptors (Lipinski definition) is 2. The van der Waals surface area contributed by atoms with Crippen LogP contribution >= 0.6 is 12.2 Å². The van der Waals surface area contributed by atoms with Gasteiger partial charge in [0.2, 0.25) is 5.91 Å². The molecule has 0 radical (unpaired) electrons. The van der Waals surface area contributed by atoms with Crippen LogP contribution in [0.25, 0.3) is 0 Å². The van der Waals surface area contributed by atoms with Crippen molar-refractivity contribution in [3.63, 3.8) is 0 Å². The summed E-state index contributed by atoms with van der Waals surface area (Å²) in [6.45, 7) is 3.86. The average Bonchev–Trinajstić information content (AvgIpc) is 2.57. The van der Waals surface area contributed by atoms with Crippen molar-refractivity contribution in [2.45, 2.75) is 6.04 Å². The number of amides is 1. The Hall–Kier alpha value is -2.80. The molecule has 3 rings (SSSR count). The van der Waals surface area contributed by atoms with E-state index in [1.807, 2.05) is 0 Å². The van der Waals surface area contributed by atoms with E-state index < -0.39 is 23.7 Å². The van der Waals surface area contributed by atoms with Gasteiger partial charge >= 0.3 is 0 Å². The number of hydrogen-bond donors (Lipinski definition) is 3. The van der Waals surface area contributed by atoms with Crippen LogP contribution in [0, 0.1) is 17.6 Å². The number of benzene rings is 2. The van der Waals surface area contributed by atoms with Gasteiger partial charge in [-0.15, -0.1) is 0 Å². The van der Waals surface area contributed by atoms with Crippen LogP contribution in [0.3, 0.4) is 0 Å². The van der Waals surface area contributed by atoms with E-state index in [4.69, 9.17) is 12.2 Å². The molecule has 2 atom stereocenters. The van der Waals surface area contributed by atoms with E-state index >= 15 is 0 Å². The summed E-state index contributed by atoms with van der Waals surface area (Å²) >= 11 is 5.13. The molecule has 3 N–H and O–H groups in total. The van der Waals surface area contributed by atoms with E-state index in [1.165, 1.54) is 30.3 Å². The first-order chi connectivity index (χ1) is 12.0. The van der Waals surface area contributed by atoms with Crippen LogP contribution < -0.4 is 16.0 Å². The summed E-state index contributed by atoms with van der Waals surface area (Å²) in [7, 11) is 0. The van der Waals surface area contributed by atoms with Gasteiger partial charge in [-0.1, -0.05) is 30.8 Å². The van der Waals surface area contributed by atoms with Gasteiger partial charge in [0.05, 0.1) is 11.7 Å². The fourth-order valence-electron chi connectivity index (χ4n) is 2.71. The molecule has 7 heteroatoms. The number of thiocarbonyl (C=S) groups is 1. The Balaban J connectivity index is 1.90. The van der Waals surface area contributed by atoms with Crippen LogP contribution in [0.5, 0.6) is 0 Å². The summed E-state index contributed by atoms with van der Waals surface area (Å²) in [5, 5.41) is 8.69. The van der Waals surface area contributed by atoms with Gasteiger partial charge in [-0.2, -0.15) is 0 Å². The lowest BCUT2D eigenvalue weighted by Crippen LogP contribution is -2.51. The van der Waals surface area contributed by atoms with Crippen molar-refractivity contribution in [1.29, 1.82) is 0 Å². The lowest BCUT2D eigenvalue weighted by atomic mass is 9.88. The predicted molar refractivity (Wildman–Crippen MR) is 95.7 cm³/mol. The maximum Gasteiger partial charge on any atom is 0.235 e. The molecule has 1 aliphatic heterocycles. The van der Waals surface area contributed by atoms with Gasteiger partial charge in [0, 0.05) is 5.70 Å². The second kappa shape index (κ2) is 6.98. The minimum Gasteiger partial charge on any atom is -0.354 e. The van der Waals surface area contributed by atoms with E-state index in [0.717, 1.165) is 0 Å². The molecule has 1 aliphatic rings. The number of rotatable bonds is 3. The molecule has 4 nitrogen and oxygen atoms in total. The number of nitrogens with one attached hydrogen (secondary N) is 3. The topological polar surface area (TPSA) is 53.2 Å². The third-order valence-corrected chi connectivity index (χ3v) is 4.13. The van der Waals surface area contributed by atoms with Crippen LogP contribution in [-0.4, -0.2) is 11.0 Å². The highest BCUT2D eigenvalue weighted by Gasteiger charge is 2.36. The first-order valence-electron chi connectivity index (χ1n) is 7.53. The quantitative estimate of drug-likeness (QED) is 0.737. The fraction of sp³-hybridized carbons (Fsp3) is 0.111. The van der Waals surface area contributed by atoms with E-state index in [-0.39, 0.29) is 11.5 Å². The lowest BCUT2D eigenvalue weighted by Gasteiger charge is -2.35. The normalized spacial score (nSPS) is 19.8. The second-order valence-electron chi connectivity index (χ2n) is 5.60. The Morgan fingerprint density at radius 3 is 2.48 bits per heavy atom. The van der Waals surface area contributed by atoms with Gasteiger partial charge in [0.1, 0.15) is 17.6 Å².